The van der Waals surface area contributed by atoms with Crippen molar-refractivity contribution < 1.29 is 13.2 Å². The number of nitrogens with zero attached hydrogens (tertiary/aromatic N) is 3. The van der Waals surface area contributed by atoms with Crippen molar-refractivity contribution >= 4 is 11.6 Å². The molecule has 1 aromatic carbocycles. The van der Waals surface area contributed by atoms with E-state index in [1.54, 1.807) is 6.92 Å². The normalized spacial score (nSPS) is 12.8. The van der Waals surface area contributed by atoms with Crippen molar-refractivity contribution in [1.29, 1.82) is 0 Å². The SMILES string of the molecule is CC(Cl)c1cn(-c2cc(F)c(F)c(F)c2)nn1. The maximum absolute atomic E-state index is 13.0. The molecule has 0 N–H and O–H groups in total. The first-order chi connectivity index (χ1) is 7.99. The molecule has 1 atom stereocenters. The Morgan fingerprint density at radius 2 is 1.82 bits per heavy atom. The van der Waals surface area contributed by atoms with Crippen molar-refractivity contribution in [3.63, 3.8) is 0 Å². The van der Waals surface area contributed by atoms with Crippen molar-refractivity contribution in [1.82, 2.24) is 15.0 Å². The third-order valence-electron chi connectivity index (χ3n) is 2.15. The molecular weight excluding hydrogens is 255 g/mol. The van der Waals surface area contributed by atoms with Gasteiger partial charge in [0.15, 0.2) is 17.5 Å². The number of aromatic nitrogens is 3. The van der Waals surface area contributed by atoms with Crippen LogP contribution in [0.4, 0.5) is 13.2 Å². The summed E-state index contributed by atoms with van der Waals surface area (Å²) in [6.07, 6.45) is 1.42. The lowest BCUT2D eigenvalue weighted by Gasteiger charge is -2.02. The van der Waals surface area contributed by atoms with Crippen molar-refractivity contribution in [3.8, 4) is 5.69 Å². The van der Waals surface area contributed by atoms with E-state index in [0.29, 0.717) is 5.69 Å². The van der Waals surface area contributed by atoms with Crippen LogP contribution in [0, 0.1) is 17.5 Å². The molecular formula is C10H7ClF3N3. The highest BCUT2D eigenvalue weighted by Crippen LogP contribution is 2.19. The Morgan fingerprint density at radius 1 is 1.24 bits per heavy atom. The van der Waals surface area contributed by atoms with Crippen molar-refractivity contribution in [2.45, 2.75) is 12.3 Å². The molecule has 1 heterocycles. The van der Waals surface area contributed by atoms with Crippen molar-refractivity contribution in [2.75, 3.05) is 0 Å². The van der Waals surface area contributed by atoms with Crippen LogP contribution >= 0.6 is 11.6 Å². The van der Waals surface area contributed by atoms with E-state index < -0.39 is 17.5 Å². The molecule has 0 bridgehead atoms. The van der Waals surface area contributed by atoms with Crippen LogP contribution in [0.1, 0.15) is 18.0 Å². The first-order valence-electron chi connectivity index (χ1n) is 4.70. The second-order valence-corrected chi connectivity index (χ2v) is 4.08. The van der Waals surface area contributed by atoms with Gasteiger partial charge in [-0.2, -0.15) is 0 Å². The molecule has 3 nitrogen and oxygen atoms in total. The number of hydrogen-bond acceptors (Lipinski definition) is 2. The highest BCUT2D eigenvalue weighted by Gasteiger charge is 2.13. The van der Waals surface area contributed by atoms with Crippen molar-refractivity contribution in [2.24, 2.45) is 0 Å². The summed E-state index contributed by atoms with van der Waals surface area (Å²) in [4.78, 5) is 0. The molecule has 0 aliphatic rings. The van der Waals surface area contributed by atoms with Gasteiger partial charge in [0.05, 0.1) is 17.3 Å². The van der Waals surface area contributed by atoms with Gasteiger partial charge in [-0.1, -0.05) is 5.21 Å². The quantitative estimate of drug-likeness (QED) is 0.615. The van der Waals surface area contributed by atoms with Crippen LogP contribution in [-0.4, -0.2) is 15.0 Å². The lowest BCUT2D eigenvalue weighted by molar-refractivity contribution is 0.446. The van der Waals surface area contributed by atoms with Gasteiger partial charge in [0.25, 0.3) is 0 Å². The molecule has 1 unspecified atom stereocenters. The second-order valence-electron chi connectivity index (χ2n) is 3.43. The molecule has 0 aliphatic carbocycles. The highest BCUT2D eigenvalue weighted by molar-refractivity contribution is 6.20. The van der Waals surface area contributed by atoms with Crippen LogP contribution in [0.2, 0.25) is 0 Å². The summed E-state index contributed by atoms with van der Waals surface area (Å²) in [5, 5.41) is 6.99. The zero-order valence-corrected chi connectivity index (χ0v) is 9.42. The van der Waals surface area contributed by atoms with Crippen LogP contribution in [0.15, 0.2) is 18.3 Å². The minimum absolute atomic E-state index is 0.0393. The first-order valence-corrected chi connectivity index (χ1v) is 5.14. The smallest absolute Gasteiger partial charge is 0.194 e. The number of halogens is 4. The van der Waals surface area contributed by atoms with E-state index in [1.165, 1.54) is 6.20 Å². The number of alkyl halides is 1. The van der Waals surface area contributed by atoms with E-state index in [0.717, 1.165) is 16.8 Å². The number of rotatable bonds is 2. The Hall–Kier alpha value is -1.56. The Labute approximate surface area is 99.8 Å². The third-order valence-corrected chi connectivity index (χ3v) is 2.38. The van der Waals surface area contributed by atoms with Crippen molar-refractivity contribution in [3.05, 3.63) is 41.5 Å². The van der Waals surface area contributed by atoms with Crippen LogP contribution < -0.4 is 0 Å². The zero-order valence-electron chi connectivity index (χ0n) is 8.66. The Bertz CT molecular complexity index is 530. The van der Waals surface area contributed by atoms with Gasteiger partial charge in [-0.05, 0) is 6.92 Å². The van der Waals surface area contributed by atoms with Crippen LogP contribution in [0.3, 0.4) is 0 Å². The van der Waals surface area contributed by atoms with Gasteiger partial charge in [-0.15, -0.1) is 16.7 Å². The lowest BCUT2D eigenvalue weighted by atomic mass is 10.3. The molecule has 7 heteroatoms. The van der Waals surface area contributed by atoms with Crippen LogP contribution in [-0.2, 0) is 0 Å². The zero-order chi connectivity index (χ0) is 12.6. The summed E-state index contributed by atoms with van der Waals surface area (Å²) in [5.74, 6) is -4.08. The molecule has 0 saturated carbocycles. The first kappa shape index (κ1) is 11.9. The number of hydrogen-bond donors (Lipinski definition) is 0. The second kappa shape index (κ2) is 4.37. The summed E-state index contributed by atoms with van der Waals surface area (Å²) in [6, 6.07) is 1.66. The summed E-state index contributed by atoms with van der Waals surface area (Å²) < 4.78 is 39.8. The van der Waals surface area contributed by atoms with Gasteiger partial charge in [0.1, 0.15) is 5.69 Å². The lowest BCUT2D eigenvalue weighted by Crippen LogP contribution is -1.99. The molecule has 0 spiro atoms. The fourth-order valence-electron chi connectivity index (χ4n) is 1.26. The minimum Gasteiger partial charge on any atom is -0.220 e. The molecule has 0 fully saturated rings. The topological polar surface area (TPSA) is 30.7 Å². The highest BCUT2D eigenvalue weighted by atomic mass is 35.5. The van der Waals surface area contributed by atoms with Gasteiger partial charge in [-0.25, -0.2) is 17.9 Å². The standard InChI is InChI=1S/C10H7ClF3N3/c1-5(11)9-4-17(16-15-9)6-2-7(12)10(14)8(13)3-6/h2-5H,1H3. The fourth-order valence-corrected chi connectivity index (χ4v) is 1.36. The summed E-state index contributed by atoms with van der Waals surface area (Å²) in [6.45, 7) is 1.68. The Balaban J connectivity index is 2.46. The molecule has 0 amide bonds. The van der Waals surface area contributed by atoms with Gasteiger partial charge in [0, 0.05) is 12.1 Å². The van der Waals surface area contributed by atoms with E-state index in [4.69, 9.17) is 11.6 Å². The molecule has 90 valence electrons. The van der Waals surface area contributed by atoms with Gasteiger partial charge in [0.2, 0.25) is 0 Å². The van der Waals surface area contributed by atoms with E-state index >= 15 is 0 Å². The molecule has 17 heavy (non-hydrogen) atoms. The van der Waals surface area contributed by atoms with Gasteiger partial charge >= 0.3 is 0 Å². The largest absolute Gasteiger partial charge is 0.220 e. The summed E-state index contributed by atoms with van der Waals surface area (Å²) in [7, 11) is 0. The van der Waals surface area contributed by atoms with Crippen LogP contribution in [0.5, 0.6) is 0 Å². The predicted octanol–water partition coefficient (Wildman–Crippen LogP) is 2.98. The molecule has 0 saturated heterocycles. The molecule has 0 aliphatic heterocycles. The maximum atomic E-state index is 13.0. The molecule has 1 aromatic heterocycles. The molecule has 0 radical (unpaired) electrons. The number of benzene rings is 1. The summed E-state index contributed by atoms with van der Waals surface area (Å²) in [5.41, 5.74) is 0.495. The average molecular weight is 262 g/mol. The average Bonchev–Trinajstić information content (AvgIpc) is 2.74. The third kappa shape index (κ3) is 2.26. The van der Waals surface area contributed by atoms with E-state index in [-0.39, 0.29) is 11.1 Å². The summed E-state index contributed by atoms with van der Waals surface area (Å²) >= 11 is 5.77. The monoisotopic (exact) mass is 261 g/mol. The van der Waals surface area contributed by atoms with E-state index in [9.17, 15) is 13.2 Å². The van der Waals surface area contributed by atoms with E-state index in [2.05, 4.69) is 10.3 Å². The van der Waals surface area contributed by atoms with Gasteiger partial charge < -0.3 is 0 Å². The predicted molar refractivity (Wildman–Crippen MR) is 55.5 cm³/mol. The van der Waals surface area contributed by atoms with Gasteiger partial charge in [-0.3, -0.25) is 0 Å². The Kier molecular flexibility index (Phi) is 3.06. The van der Waals surface area contributed by atoms with Crippen LogP contribution in [0.25, 0.3) is 5.69 Å². The molecule has 2 rings (SSSR count). The molecule has 2 aromatic rings. The van der Waals surface area contributed by atoms with E-state index in [1.807, 2.05) is 0 Å². The fraction of sp³-hybridized carbons (Fsp3) is 0.200. The maximum Gasteiger partial charge on any atom is 0.194 e. The Morgan fingerprint density at radius 3 is 2.29 bits per heavy atom. The minimum atomic E-state index is -1.51.